The van der Waals surface area contributed by atoms with Crippen LogP contribution < -0.4 is 0 Å². The molecule has 2 aliphatic rings. The van der Waals surface area contributed by atoms with E-state index in [2.05, 4.69) is 0 Å². The average molecular weight is 488 g/mol. The van der Waals surface area contributed by atoms with Crippen LogP contribution in [-0.4, -0.2) is 29.3 Å². The molecule has 1 aliphatic heterocycles. The summed E-state index contributed by atoms with van der Waals surface area (Å²) in [6.07, 6.45) is 0. The van der Waals surface area contributed by atoms with Crippen molar-refractivity contribution >= 4 is 33.5 Å². The van der Waals surface area contributed by atoms with Gasteiger partial charge in [-0.3, -0.25) is 0 Å². The van der Waals surface area contributed by atoms with E-state index in [0.717, 1.165) is 16.3 Å². The summed E-state index contributed by atoms with van der Waals surface area (Å²) in [6.45, 7) is 1.80. The monoisotopic (exact) mass is 488 g/mol. The molecule has 180 valence electrons. The number of carbonyl (C=O) groups excluding carboxylic acids is 2. The Labute approximate surface area is 211 Å². The van der Waals surface area contributed by atoms with E-state index < -0.39 is 17.5 Å². The van der Waals surface area contributed by atoms with Crippen molar-refractivity contribution in [1.82, 2.24) is 0 Å². The molecule has 2 N–H and O–H groups in total. The molecule has 37 heavy (non-hydrogen) atoms. The van der Waals surface area contributed by atoms with Gasteiger partial charge in [-0.05, 0) is 52.6 Å². The Hall–Kier alpha value is -4.84. The van der Waals surface area contributed by atoms with Crippen LogP contribution in [0.4, 0.5) is 0 Å². The van der Waals surface area contributed by atoms with E-state index >= 15 is 0 Å². The quantitative estimate of drug-likeness (QED) is 0.284. The minimum Gasteiger partial charge on any atom is -0.507 e. The van der Waals surface area contributed by atoms with Crippen molar-refractivity contribution in [1.29, 1.82) is 0 Å². The second kappa shape index (κ2) is 7.11. The number of fused-ring (bicyclic) bond motifs is 8. The maximum absolute atomic E-state index is 13.7. The molecule has 0 aromatic heterocycles. The molecule has 5 aromatic rings. The Morgan fingerprint density at radius 2 is 1.62 bits per heavy atom. The first kappa shape index (κ1) is 21.4. The minimum absolute atomic E-state index is 0.0401. The Kier molecular flexibility index (Phi) is 4.12. The van der Waals surface area contributed by atoms with Gasteiger partial charge in [0.2, 0.25) is 0 Å². The van der Waals surface area contributed by atoms with E-state index in [0.29, 0.717) is 44.2 Å². The third kappa shape index (κ3) is 2.49. The molecule has 0 fully saturated rings. The van der Waals surface area contributed by atoms with Crippen molar-refractivity contribution < 1.29 is 29.3 Å². The molecule has 1 heterocycles. The number of rotatable bonds is 1. The lowest BCUT2D eigenvalue weighted by molar-refractivity contribution is 0.0145. The van der Waals surface area contributed by atoms with E-state index in [1.807, 2.05) is 54.6 Å². The zero-order valence-electron chi connectivity index (χ0n) is 20.0. The van der Waals surface area contributed by atoms with Gasteiger partial charge < -0.3 is 19.7 Å². The summed E-state index contributed by atoms with van der Waals surface area (Å²) in [5, 5.41) is 25.0. The number of ether oxygens (including phenoxy) is 2. The van der Waals surface area contributed by atoms with Crippen LogP contribution in [0.25, 0.3) is 32.7 Å². The number of hydrogen-bond donors (Lipinski definition) is 2. The molecular formula is C31H20O6. The highest BCUT2D eigenvalue weighted by atomic mass is 16.6. The fourth-order valence-electron chi connectivity index (χ4n) is 6.19. The molecule has 1 aliphatic carbocycles. The fourth-order valence-corrected chi connectivity index (χ4v) is 6.19. The van der Waals surface area contributed by atoms with Gasteiger partial charge in [0, 0.05) is 27.5 Å². The van der Waals surface area contributed by atoms with Crippen LogP contribution >= 0.6 is 0 Å². The average Bonchev–Trinajstić information content (AvgIpc) is 3.18. The van der Waals surface area contributed by atoms with Gasteiger partial charge in [0.25, 0.3) is 0 Å². The van der Waals surface area contributed by atoms with Crippen molar-refractivity contribution in [3.05, 3.63) is 106 Å². The van der Waals surface area contributed by atoms with Crippen molar-refractivity contribution in [2.75, 3.05) is 7.11 Å². The van der Waals surface area contributed by atoms with Crippen molar-refractivity contribution in [2.24, 2.45) is 0 Å². The van der Waals surface area contributed by atoms with Crippen LogP contribution in [0.15, 0.2) is 72.8 Å². The Morgan fingerprint density at radius 1 is 0.892 bits per heavy atom. The molecule has 7 rings (SSSR count). The highest BCUT2D eigenvalue weighted by Crippen LogP contribution is 2.61. The van der Waals surface area contributed by atoms with Crippen LogP contribution in [0, 0.1) is 6.92 Å². The molecule has 0 amide bonds. The molecule has 1 atom stereocenters. The zero-order chi connectivity index (χ0) is 25.6. The van der Waals surface area contributed by atoms with Crippen LogP contribution in [0.2, 0.25) is 0 Å². The fraction of sp³-hybridized carbons (Fsp3) is 0.0968. The van der Waals surface area contributed by atoms with Gasteiger partial charge in [-0.1, -0.05) is 54.6 Å². The number of phenols is 2. The van der Waals surface area contributed by atoms with E-state index in [1.54, 1.807) is 19.1 Å². The first-order valence-corrected chi connectivity index (χ1v) is 11.8. The van der Waals surface area contributed by atoms with Crippen molar-refractivity contribution in [3.8, 4) is 22.6 Å². The highest BCUT2D eigenvalue weighted by molar-refractivity contribution is 6.12. The molecule has 1 spiro atoms. The summed E-state index contributed by atoms with van der Waals surface area (Å²) in [5.74, 6) is -1.36. The van der Waals surface area contributed by atoms with Crippen LogP contribution in [-0.2, 0) is 15.1 Å². The summed E-state index contributed by atoms with van der Waals surface area (Å²) >= 11 is 0. The predicted molar refractivity (Wildman–Crippen MR) is 138 cm³/mol. The summed E-state index contributed by atoms with van der Waals surface area (Å²) < 4.78 is 11.4. The molecular weight excluding hydrogens is 468 g/mol. The Morgan fingerprint density at radius 3 is 2.38 bits per heavy atom. The predicted octanol–water partition coefficient (Wildman–Crippen LogP) is 5.94. The van der Waals surface area contributed by atoms with Gasteiger partial charge in [-0.2, -0.15) is 0 Å². The molecule has 0 saturated carbocycles. The van der Waals surface area contributed by atoms with Crippen LogP contribution in [0.3, 0.4) is 0 Å². The smallest absolute Gasteiger partial charge is 0.341 e. The lowest BCUT2D eigenvalue weighted by atomic mass is 9.76. The molecule has 0 radical (unpaired) electrons. The molecule has 6 heteroatoms. The lowest BCUT2D eigenvalue weighted by Crippen LogP contribution is -2.37. The first-order chi connectivity index (χ1) is 17.9. The largest absolute Gasteiger partial charge is 0.507 e. The third-order valence-electron chi connectivity index (χ3n) is 7.72. The number of aromatic hydroxyl groups is 2. The topological polar surface area (TPSA) is 93.1 Å². The first-order valence-electron chi connectivity index (χ1n) is 11.8. The zero-order valence-corrected chi connectivity index (χ0v) is 20.0. The Balaban J connectivity index is 1.76. The summed E-state index contributed by atoms with van der Waals surface area (Å²) in [4.78, 5) is 26.3. The maximum atomic E-state index is 13.7. The Bertz CT molecular complexity index is 1860. The van der Waals surface area contributed by atoms with Gasteiger partial charge in [0.1, 0.15) is 17.1 Å². The van der Waals surface area contributed by atoms with Gasteiger partial charge in [-0.15, -0.1) is 0 Å². The number of phenolic OH excluding ortho intramolecular Hbond substituents is 2. The molecule has 0 saturated heterocycles. The number of esters is 2. The van der Waals surface area contributed by atoms with E-state index in [1.165, 1.54) is 13.2 Å². The number of carbonyl (C=O) groups is 2. The van der Waals surface area contributed by atoms with Crippen molar-refractivity contribution in [3.63, 3.8) is 0 Å². The maximum Gasteiger partial charge on any atom is 0.341 e. The van der Waals surface area contributed by atoms with E-state index in [-0.39, 0.29) is 17.1 Å². The van der Waals surface area contributed by atoms with Crippen LogP contribution in [0.1, 0.15) is 43.0 Å². The standard InChI is InChI=1S/C31H20O6/c1-15-25-20-14-24(32)21(29(34)36-2)13-23(20)31(27(25)17-9-3-4-10-18(17)28(15)33)22-12-6-8-16-7-5-11-19(26(16)22)30(35)37-31/h3-14,32-33H,1-2H3. The summed E-state index contributed by atoms with van der Waals surface area (Å²) in [5.41, 5.74) is 2.76. The second-order valence-electron chi connectivity index (χ2n) is 9.46. The molecule has 6 nitrogen and oxygen atoms in total. The van der Waals surface area contributed by atoms with Gasteiger partial charge in [0.05, 0.1) is 12.7 Å². The number of benzene rings is 5. The summed E-state index contributed by atoms with van der Waals surface area (Å²) in [7, 11) is 1.24. The molecule has 0 bridgehead atoms. The van der Waals surface area contributed by atoms with Gasteiger partial charge >= 0.3 is 11.9 Å². The normalized spacial score (nSPS) is 17.1. The van der Waals surface area contributed by atoms with Crippen LogP contribution in [0.5, 0.6) is 11.5 Å². The SMILES string of the molecule is COC(=O)c1cc2c(cc1O)-c1c(C)c(O)c3ccccc3c1C21OC(=O)c2cccc3cccc1c23. The van der Waals surface area contributed by atoms with E-state index in [9.17, 15) is 19.8 Å². The molecule has 5 aromatic carbocycles. The van der Waals surface area contributed by atoms with E-state index in [4.69, 9.17) is 9.47 Å². The summed E-state index contributed by atoms with van der Waals surface area (Å²) in [6, 6.07) is 21.8. The van der Waals surface area contributed by atoms with Gasteiger partial charge in [0.15, 0.2) is 5.60 Å². The number of hydrogen-bond acceptors (Lipinski definition) is 6. The molecule has 1 unspecified atom stereocenters. The second-order valence-corrected chi connectivity index (χ2v) is 9.46. The van der Waals surface area contributed by atoms with Crippen molar-refractivity contribution in [2.45, 2.75) is 12.5 Å². The number of methoxy groups -OCH3 is 1. The highest BCUT2D eigenvalue weighted by Gasteiger charge is 2.54. The minimum atomic E-state index is -1.43. The van der Waals surface area contributed by atoms with Gasteiger partial charge in [-0.25, -0.2) is 9.59 Å². The third-order valence-corrected chi connectivity index (χ3v) is 7.72. The lowest BCUT2D eigenvalue weighted by Gasteiger charge is -2.37.